The van der Waals surface area contributed by atoms with Gasteiger partial charge in [-0.1, -0.05) is 29.3 Å². The van der Waals surface area contributed by atoms with E-state index in [0.29, 0.717) is 0 Å². The van der Waals surface area contributed by atoms with Gasteiger partial charge in [0.2, 0.25) is 11.7 Å². The van der Waals surface area contributed by atoms with Crippen LogP contribution in [0.25, 0.3) is 17.1 Å². The molecule has 1 fully saturated rings. The van der Waals surface area contributed by atoms with Crippen molar-refractivity contribution < 1.29 is 27.6 Å². The van der Waals surface area contributed by atoms with Gasteiger partial charge in [-0.3, -0.25) is 9.59 Å². The summed E-state index contributed by atoms with van der Waals surface area (Å²) in [4.78, 5) is 41.2. The zero-order chi connectivity index (χ0) is 26.2. The minimum absolute atomic E-state index is 0.0320. The fraction of sp³-hybridized carbons (Fsp3) is 0.261. The average molecular weight is 540 g/mol. The number of alkyl halides is 3. The number of imidazole rings is 1. The van der Waals surface area contributed by atoms with E-state index in [1.807, 2.05) is 0 Å². The van der Waals surface area contributed by atoms with E-state index in [1.165, 1.54) is 47.2 Å². The summed E-state index contributed by atoms with van der Waals surface area (Å²) in [6.45, 7) is 2.10. The Bertz CT molecular complexity index is 1390. The topological polar surface area (TPSA) is 87.5 Å². The number of fused-ring (bicyclic) bond motifs is 1. The molecular weight excluding hydrogens is 522 g/mol. The maximum atomic E-state index is 14.1. The Balaban J connectivity index is 1.87. The van der Waals surface area contributed by atoms with Crippen LogP contribution in [0, 0.1) is 0 Å². The average Bonchev–Trinajstić information content (AvgIpc) is 3.21. The summed E-state index contributed by atoms with van der Waals surface area (Å²) in [5.41, 5.74) is -0.286. The van der Waals surface area contributed by atoms with Crippen molar-refractivity contribution in [3.05, 3.63) is 57.3 Å². The molecule has 0 unspecified atom stereocenters. The van der Waals surface area contributed by atoms with Gasteiger partial charge in [0.15, 0.2) is 0 Å². The van der Waals surface area contributed by atoms with Crippen LogP contribution in [0.4, 0.5) is 18.9 Å². The summed E-state index contributed by atoms with van der Waals surface area (Å²) >= 11 is 12.2. The maximum absolute atomic E-state index is 14.1. The third-order valence-electron chi connectivity index (χ3n) is 5.72. The van der Waals surface area contributed by atoms with Gasteiger partial charge in [0.25, 0.3) is 5.91 Å². The third-order valence-corrected chi connectivity index (χ3v) is 6.35. The summed E-state index contributed by atoms with van der Waals surface area (Å²) < 4.78 is 43.2. The lowest BCUT2D eigenvalue weighted by Crippen LogP contribution is -2.53. The van der Waals surface area contributed by atoms with E-state index < -0.39 is 17.9 Å². The van der Waals surface area contributed by atoms with Crippen molar-refractivity contribution >= 4 is 63.8 Å². The Morgan fingerprint density at radius 2 is 1.72 bits per heavy atom. The highest BCUT2D eigenvalue weighted by Gasteiger charge is 2.40. The van der Waals surface area contributed by atoms with Crippen molar-refractivity contribution in [3.63, 3.8) is 0 Å². The van der Waals surface area contributed by atoms with Crippen molar-refractivity contribution in [1.29, 1.82) is 0 Å². The van der Waals surface area contributed by atoms with Gasteiger partial charge in [0.1, 0.15) is 11.5 Å². The lowest BCUT2D eigenvalue weighted by molar-refractivity contribution is -0.147. The molecule has 2 heterocycles. The largest absolute Gasteiger partial charge is 0.451 e. The molecule has 4 rings (SSSR count). The Labute approximate surface area is 212 Å². The van der Waals surface area contributed by atoms with Gasteiger partial charge in [0, 0.05) is 31.7 Å². The van der Waals surface area contributed by atoms with Crippen molar-refractivity contribution in [2.24, 2.45) is 0 Å². The smallest absolute Gasteiger partial charge is 0.339 e. The first-order chi connectivity index (χ1) is 17.0. The summed E-state index contributed by atoms with van der Waals surface area (Å²) in [6, 6.07) is 7.15. The zero-order valence-corrected chi connectivity index (χ0v) is 20.2. The molecule has 1 aromatic heterocycles. The van der Waals surface area contributed by atoms with Gasteiger partial charge in [-0.25, -0.2) is 14.5 Å². The number of hydrogen-bond acceptors (Lipinski definition) is 5. The molecule has 36 heavy (non-hydrogen) atoms. The fourth-order valence-electron chi connectivity index (χ4n) is 4.03. The molecule has 0 bridgehead atoms. The van der Waals surface area contributed by atoms with Crippen LogP contribution in [0.2, 0.25) is 10.0 Å². The molecule has 0 radical (unpaired) electrons. The van der Waals surface area contributed by atoms with Crippen molar-refractivity contribution in [1.82, 2.24) is 14.6 Å². The van der Waals surface area contributed by atoms with Crippen LogP contribution in [0.15, 0.2) is 30.3 Å². The number of nitrogens with zero attached hydrogens (tertiary/aromatic N) is 4. The lowest BCUT2D eigenvalue weighted by atomic mass is 10.1. The highest BCUT2D eigenvalue weighted by atomic mass is 35.5. The first-order valence-electron chi connectivity index (χ1n) is 10.6. The highest BCUT2D eigenvalue weighted by Crippen LogP contribution is 2.36. The van der Waals surface area contributed by atoms with E-state index in [2.05, 4.69) is 10.3 Å². The number of piperazine rings is 1. The summed E-state index contributed by atoms with van der Waals surface area (Å²) in [5, 5.41) is 4.02. The van der Waals surface area contributed by atoms with E-state index in [0.717, 1.165) is 10.8 Å². The molecule has 2 aromatic carbocycles. The Kier molecular flexibility index (Phi) is 6.99. The third kappa shape index (κ3) is 4.77. The van der Waals surface area contributed by atoms with Gasteiger partial charge in [-0.2, -0.15) is 13.2 Å². The molecule has 2 amide bonds. The molecule has 13 heteroatoms. The predicted molar refractivity (Wildman–Crippen MR) is 130 cm³/mol. The molecule has 188 valence electrons. The number of benzene rings is 2. The Hall–Kier alpha value is -3.53. The van der Waals surface area contributed by atoms with E-state index in [1.54, 1.807) is 5.94 Å². The number of nitrogens with one attached hydrogen (secondary N) is 1. The van der Waals surface area contributed by atoms with Crippen LogP contribution in [-0.4, -0.2) is 58.5 Å². The van der Waals surface area contributed by atoms with E-state index in [-0.39, 0.29) is 70.0 Å². The van der Waals surface area contributed by atoms with Gasteiger partial charge >= 0.3 is 6.18 Å². The number of carbonyl (C=O) groups excluding carboxylic acids is 3. The second-order valence-corrected chi connectivity index (χ2v) is 8.73. The van der Waals surface area contributed by atoms with Crippen LogP contribution >= 0.6 is 23.2 Å². The van der Waals surface area contributed by atoms with E-state index in [9.17, 15) is 27.6 Å². The van der Waals surface area contributed by atoms with Gasteiger partial charge < -0.3 is 15.2 Å². The first-order valence-corrected chi connectivity index (χ1v) is 11.4. The van der Waals surface area contributed by atoms with Crippen molar-refractivity contribution in [2.75, 3.05) is 36.5 Å². The minimum Gasteiger partial charge on any atom is -0.339 e. The maximum Gasteiger partial charge on any atom is 0.451 e. The second kappa shape index (κ2) is 9.85. The van der Waals surface area contributed by atoms with E-state index in [4.69, 9.17) is 23.2 Å². The summed E-state index contributed by atoms with van der Waals surface area (Å²) in [7, 11) is 0. The molecular formula is C23H18Cl2F3N5O3. The van der Waals surface area contributed by atoms with Crippen LogP contribution in [0.3, 0.4) is 0 Å². The van der Waals surface area contributed by atoms with Gasteiger partial charge in [0.05, 0.1) is 39.9 Å². The Morgan fingerprint density at radius 1 is 1.08 bits per heavy atom. The fourth-order valence-corrected chi connectivity index (χ4v) is 4.60. The van der Waals surface area contributed by atoms with Crippen LogP contribution in [-0.2, 0) is 15.8 Å². The predicted octanol–water partition coefficient (Wildman–Crippen LogP) is 4.26. The summed E-state index contributed by atoms with van der Waals surface area (Å²) in [5.74, 6) is -0.609. The Morgan fingerprint density at radius 3 is 2.28 bits per heavy atom. The monoisotopic (exact) mass is 539 g/mol. The number of rotatable bonds is 4. The van der Waals surface area contributed by atoms with Gasteiger partial charge in [-0.05, 0) is 24.3 Å². The minimum atomic E-state index is -4.84. The van der Waals surface area contributed by atoms with E-state index >= 15 is 0 Å². The molecule has 3 aromatic rings. The van der Waals surface area contributed by atoms with Gasteiger partial charge in [-0.15, -0.1) is 0 Å². The molecule has 0 spiro atoms. The molecule has 0 aliphatic carbocycles. The quantitative estimate of drug-likeness (QED) is 0.500. The number of hydrogen-bond donors (Lipinski definition) is 1. The zero-order valence-electron chi connectivity index (χ0n) is 18.7. The van der Waals surface area contributed by atoms with Crippen LogP contribution in [0.1, 0.15) is 28.7 Å². The van der Waals surface area contributed by atoms with Crippen molar-refractivity contribution in [3.8, 4) is 0 Å². The number of carbonyl (C=O) groups is 2. The molecule has 1 saturated heterocycles. The lowest BCUT2D eigenvalue weighted by Gasteiger charge is -2.37. The highest BCUT2D eigenvalue weighted by molar-refractivity contribution is 6.40. The molecule has 0 saturated carbocycles. The van der Waals surface area contributed by atoms with Crippen LogP contribution < -0.4 is 10.3 Å². The molecule has 8 nitrogen and oxygen atoms in total. The number of amides is 2. The number of aromatic nitrogens is 2. The molecule has 1 N–H and O–H groups in total. The standard InChI is InChI=1S/C23H18Cl2F3N5O3/c1-13(35)31-8-10-32(11-9-31)33-17-6-5-14(7-12-34)19(20(17)30-22(33)23(26,27)28)29-21(36)18-15(24)3-2-4-16(18)25/h2-7H,8-11H2,1H3,(H,29,36). The van der Waals surface area contributed by atoms with Crippen molar-refractivity contribution in [2.45, 2.75) is 13.1 Å². The second-order valence-electron chi connectivity index (χ2n) is 7.92. The normalized spacial score (nSPS) is 14.1. The molecule has 1 aliphatic rings. The summed E-state index contributed by atoms with van der Waals surface area (Å²) in [6.07, 6.45) is -3.87. The number of anilines is 1. The SMILES string of the molecule is CC(=O)N1CCN(n2c(C(F)(F)F)nc3c(NC(=O)c4c(Cl)cccc4Cl)c(C=C=O)ccc32)CC1. The van der Waals surface area contributed by atoms with Crippen LogP contribution in [0.5, 0.6) is 0 Å². The molecule has 1 aliphatic heterocycles. The number of halogens is 5. The molecule has 0 atom stereocenters. The first kappa shape index (κ1) is 25.6.